The Morgan fingerprint density at radius 3 is 2.53 bits per heavy atom. The van der Waals surface area contributed by atoms with Crippen molar-refractivity contribution in [2.75, 3.05) is 6.54 Å². The van der Waals surface area contributed by atoms with Gasteiger partial charge in [-0.2, -0.15) is 5.10 Å². The quantitative estimate of drug-likeness (QED) is 0.826. The molecule has 1 heterocycles. The second kappa shape index (κ2) is 4.69. The highest BCUT2D eigenvalue weighted by molar-refractivity contribution is 5.22. The number of rotatable bonds is 4. The molecule has 0 saturated heterocycles. The van der Waals surface area contributed by atoms with Gasteiger partial charge in [0.15, 0.2) is 0 Å². The Hall–Kier alpha value is -1.65. The van der Waals surface area contributed by atoms with E-state index in [1.807, 2.05) is 49.5 Å². The lowest BCUT2D eigenvalue weighted by Crippen LogP contribution is -2.39. The molecule has 0 fully saturated rings. The topological polar surface area (TPSA) is 64.1 Å². The third kappa shape index (κ3) is 2.54. The van der Waals surface area contributed by atoms with Gasteiger partial charge in [0.2, 0.25) is 0 Å². The molecule has 4 nitrogen and oxygen atoms in total. The molecule has 0 spiro atoms. The average Bonchev–Trinajstić information content (AvgIpc) is 2.75. The van der Waals surface area contributed by atoms with E-state index in [4.69, 9.17) is 5.73 Å². The predicted octanol–water partition coefficient (Wildman–Crippen LogP) is 1.04. The molecular weight excluding hydrogens is 214 g/mol. The summed E-state index contributed by atoms with van der Waals surface area (Å²) in [4.78, 5) is 0. The van der Waals surface area contributed by atoms with Crippen LogP contribution in [0.1, 0.15) is 11.3 Å². The molecular formula is C13H17N3O. The maximum Gasteiger partial charge on any atom is 0.121 e. The number of aryl methyl sites for hydroxylation is 1. The van der Waals surface area contributed by atoms with E-state index in [0.717, 1.165) is 11.3 Å². The van der Waals surface area contributed by atoms with Crippen LogP contribution in [-0.2, 0) is 12.1 Å². The third-order valence-electron chi connectivity index (χ3n) is 2.85. The number of aliphatic hydroxyl groups is 1. The van der Waals surface area contributed by atoms with E-state index >= 15 is 0 Å². The molecule has 0 radical (unpaired) electrons. The molecule has 0 bridgehead atoms. The summed E-state index contributed by atoms with van der Waals surface area (Å²) in [6.45, 7) is 2.44. The predicted molar refractivity (Wildman–Crippen MR) is 66.4 cm³/mol. The van der Waals surface area contributed by atoms with Gasteiger partial charge in [0.25, 0.3) is 0 Å². The van der Waals surface area contributed by atoms with Gasteiger partial charge < -0.3 is 10.8 Å². The van der Waals surface area contributed by atoms with Gasteiger partial charge >= 0.3 is 0 Å². The summed E-state index contributed by atoms with van der Waals surface area (Å²) in [5.74, 6) is 0. The van der Waals surface area contributed by atoms with Crippen molar-refractivity contribution in [2.45, 2.75) is 19.1 Å². The molecule has 4 heteroatoms. The van der Waals surface area contributed by atoms with Crippen LogP contribution in [0.15, 0.2) is 42.6 Å². The standard InChI is InChI=1S/C13H17N3O/c1-11-7-8-16(15-11)10-13(17,9-14)12-5-3-2-4-6-12/h2-8,17H,9-10,14H2,1H3. The number of hydrogen-bond donors (Lipinski definition) is 2. The number of aromatic nitrogens is 2. The average molecular weight is 231 g/mol. The molecule has 0 saturated carbocycles. The van der Waals surface area contributed by atoms with Gasteiger partial charge in [0.1, 0.15) is 5.60 Å². The SMILES string of the molecule is Cc1ccn(CC(O)(CN)c2ccccc2)n1. The van der Waals surface area contributed by atoms with Crippen molar-refractivity contribution in [2.24, 2.45) is 5.73 Å². The summed E-state index contributed by atoms with van der Waals surface area (Å²) in [6, 6.07) is 11.4. The first kappa shape index (κ1) is 11.8. The molecule has 0 aliphatic carbocycles. The summed E-state index contributed by atoms with van der Waals surface area (Å²) in [5, 5.41) is 14.8. The smallest absolute Gasteiger partial charge is 0.121 e. The van der Waals surface area contributed by atoms with E-state index in [9.17, 15) is 5.11 Å². The van der Waals surface area contributed by atoms with E-state index in [1.165, 1.54) is 0 Å². The van der Waals surface area contributed by atoms with E-state index in [1.54, 1.807) is 4.68 Å². The van der Waals surface area contributed by atoms with Gasteiger partial charge in [-0.05, 0) is 18.6 Å². The lowest BCUT2D eigenvalue weighted by atomic mass is 9.94. The Kier molecular flexibility index (Phi) is 3.26. The zero-order valence-electron chi connectivity index (χ0n) is 9.87. The van der Waals surface area contributed by atoms with Crippen LogP contribution in [0.25, 0.3) is 0 Å². The highest BCUT2D eigenvalue weighted by Gasteiger charge is 2.28. The summed E-state index contributed by atoms with van der Waals surface area (Å²) in [7, 11) is 0. The van der Waals surface area contributed by atoms with Gasteiger partial charge in [0.05, 0.1) is 12.2 Å². The lowest BCUT2D eigenvalue weighted by Gasteiger charge is -2.27. The fourth-order valence-electron chi connectivity index (χ4n) is 1.84. The Labute approximate surface area is 101 Å². The summed E-state index contributed by atoms with van der Waals surface area (Å²) in [6.07, 6.45) is 1.85. The number of nitrogens with zero attached hydrogens (tertiary/aromatic N) is 2. The van der Waals surface area contributed by atoms with E-state index in [0.29, 0.717) is 6.54 Å². The molecule has 17 heavy (non-hydrogen) atoms. The lowest BCUT2D eigenvalue weighted by molar-refractivity contribution is 0.0240. The monoisotopic (exact) mass is 231 g/mol. The van der Waals surface area contributed by atoms with Crippen LogP contribution in [0.4, 0.5) is 0 Å². The Bertz CT molecular complexity index is 480. The van der Waals surface area contributed by atoms with E-state index in [2.05, 4.69) is 5.10 Å². The largest absolute Gasteiger partial charge is 0.382 e. The van der Waals surface area contributed by atoms with E-state index < -0.39 is 5.60 Å². The van der Waals surface area contributed by atoms with Crippen LogP contribution in [0, 0.1) is 6.92 Å². The molecule has 90 valence electrons. The minimum atomic E-state index is -1.07. The van der Waals surface area contributed by atoms with Gasteiger partial charge in [-0.3, -0.25) is 4.68 Å². The first-order valence-electron chi connectivity index (χ1n) is 5.62. The highest BCUT2D eigenvalue weighted by Crippen LogP contribution is 2.21. The van der Waals surface area contributed by atoms with Crippen molar-refractivity contribution in [3.8, 4) is 0 Å². The Balaban J connectivity index is 2.26. The van der Waals surface area contributed by atoms with Crippen LogP contribution in [0.2, 0.25) is 0 Å². The van der Waals surface area contributed by atoms with Crippen molar-refractivity contribution in [1.29, 1.82) is 0 Å². The zero-order chi connectivity index (χ0) is 12.3. The second-order valence-corrected chi connectivity index (χ2v) is 4.26. The summed E-state index contributed by atoms with van der Waals surface area (Å²) < 4.78 is 1.72. The maximum absolute atomic E-state index is 10.6. The molecule has 2 rings (SSSR count). The van der Waals surface area contributed by atoms with Crippen LogP contribution in [-0.4, -0.2) is 21.4 Å². The fourth-order valence-corrected chi connectivity index (χ4v) is 1.84. The first-order chi connectivity index (χ1) is 8.14. The molecule has 0 amide bonds. The third-order valence-corrected chi connectivity index (χ3v) is 2.85. The van der Waals surface area contributed by atoms with Crippen LogP contribution >= 0.6 is 0 Å². The maximum atomic E-state index is 10.6. The molecule has 1 atom stereocenters. The normalized spacial score (nSPS) is 14.5. The van der Waals surface area contributed by atoms with Crippen LogP contribution in [0.5, 0.6) is 0 Å². The molecule has 1 unspecified atom stereocenters. The molecule has 2 aromatic rings. The van der Waals surface area contributed by atoms with Gasteiger partial charge in [0, 0.05) is 12.7 Å². The molecule has 0 aliphatic rings. The highest BCUT2D eigenvalue weighted by atomic mass is 16.3. The van der Waals surface area contributed by atoms with Gasteiger partial charge in [-0.1, -0.05) is 30.3 Å². The second-order valence-electron chi connectivity index (χ2n) is 4.26. The number of nitrogens with two attached hydrogens (primary N) is 1. The molecule has 3 N–H and O–H groups in total. The van der Waals surface area contributed by atoms with Crippen molar-refractivity contribution in [3.05, 3.63) is 53.9 Å². The van der Waals surface area contributed by atoms with Gasteiger partial charge in [-0.25, -0.2) is 0 Å². The molecule has 1 aromatic heterocycles. The Morgan fingerprint density at radius 1 is 1.29 bits per heavy atom. The van der Waals surface area contributed by atoms with Crippen molar-refractivity contribution < 1.29 is 5.11 Å². The Morgan fingerprint density at radius 2 is 2.00 bits per heavy atom. The van der Waals surface area contributed by atoms with Crippen molar-refractivity contribution >= 4 is 0 Å². The number of hydrogen-bond acceptors (Lipinski definition) is 3. The fraction of sp³-hybridized carbons (Fsp3) is 0.308. The van der Waals surface area contributed by atoms with Gasteiger partial charge in [-0.15, -0.1) is 0 Å². The zero-order valence-corrected chi connectivity index (χ0v) is 9.87. The van der Waals surface area contributed by atoms with E-state index in [-0.39, 0.29) is 6.54 Å². The molecule has 1 aromatic carbocycles. The summed E-state index contributed by atoms with van der Waals surface area (Å²) >= 11 is 0. The molecule has 0 aliphatic heterocycles. The minimum Gasteiger partial charge on any atom is -0.382 e. The summed E-state index contributed by atoms with van der Waals surface area (Å²) in [5.41, 5.74) is 6.38. The first-order valence-corrected chi connectivity index (χ1v) is 5.62. The minimum absolute atomic E-state index is 0.163. The van der Waals surface area contributed by atoms with Crippen LogP contribution < -0.4 is 5.73 Å². The van der Waals surface area contributed by atoms with Crippen molar-refractivity contribution in [1.82, 2.24) is 9.78 Å². The van der Waals surface area contributed by atoms with Crippen LogP contribution in [0.3, 0.4) is 0 Å². The number of benzene rings is 1. The van der Waals surface area contributed by atoms with Crippen molar-refractivity contribution in [3.63, 3.8) is 0 Å².